The molecular formula is C102H84BrClN10O24S6. The van der Waals surface area contributed by atoms with E-state index in [0.29, 0.717) is 44.8 Å². The number of aryl methyl sites for hydroxylation is 1. The molecule has 5 aliphatic carbocycles. The molecule has 0 saturated carbocycles. The molecular weight excluding hydrogens is 2060 g/mol. The molecule has 0 atom stereocenters. The third kappa shape index (κ3) is 22.5. The molecule has 0 radical (unpaired) electrons. The number of carbonyl (C=O) groups excluding carboxylic acids is 10. The van der Waals surface area contributed by atoms with E-state index in [2.05, 4.69) is 35.0 Å². The molecule has 736 valence electrons. The van der Waals surface area contributed by atoms with Gasteiger partial charge in [0.2, 0.25) is 46.3 Å². The number of benzene rings is 11. The van der Waals surface area contributed by atoms with E-state index in [4.69, 9.17) is 17.3 Å². The second kappa shape index (κ2) is 44.8. The highest BCUT2D eigenvalue weighted by Crippen LogP contribution is 2.37. The summed E-state index contributed by atoms with van der Waals surface area (Å²) < 4.78 is 138. The monoisotopic (exact) mass is 2140 g/mol. The summed E-state index contributed by atoms with van der Waals surface area (Å²) in [5.41, 5.74) is 8.70. The number of fused-ring (bicyclic) bond motifs is 5. The first-order valence-electron chi connectivity index (χ1n) is 43.4. The Labute approximate surface area is 843 Å². The normalized spacial score (nSPS) is 15.2. The molecule has 12 aromatic rings. The summed E-state index contributed by atoms with van der Waals surface area (Å²) in [5, 5.41) is 4.23. The molecule has 1 aromatic heterocycles. The molecule has 11 aromatic carbocycles. The van der Waals surface area contributed by atoms with Crippen molar-refractivity contribution in [2.24, 2.45) is 5.73 Å². The van der Waals surface area contributed by atoms with Crippen molar-refractivity contribution in [2.75, 3.05) is 49.9 Å². The number of rotatable bonds is 22. The Kier molecular flexibility index (Phi) is 32.9. The number of ketones is 10. The molecule has 10 N–H and O–H groups in total. The van der Waals surface area contributed by atoms with E-state index in [-0.39, 0.29) is 160 Å². The third-order valence-corrected chi connectivity index (χ3v) is 32.9. The number of nitrogens with two attached hydrogens (primary N) is 1. The Bertz CT molecular complexity index is 8030. The lowest BCUT2D eigenvalue weighted by Gasteiger charge is -2.39. The van der Waals surface area contributed by atoms with Gasteiger partial charge in [0.15, 0.2) is 31.2 Å². The van der Waals surface area contributed by atoms with Crippen LogP contribution < -0.4 is 39.9 Å². The topological polar surface area (TPSA) is 547 Å². The fraction of sp³-hybridized carbons (Fsp3) is 0.118. The van der Waals surface area contributed by atoms with Crippen LogP contribution in [0.4, 0.5) is 17.1 Å². The van der Waals surface area contributed by atoms with Gasteiger partial charge in [0.25, 0.3) is 51.5 Å². The van der Waals surface area contributed by atoms with Crippen LogP contribution >= 0.6 is 38.9 Å². The summed E-state index contributed by atoms with van der Waals surface area (Å²) in [6.45, 7) is 5.29. The molecule has 144 heavy (non-hydrogen) atoms. The maximum Gasteiger partial charge on any atom is 0.273 e. The molecule has 0 spiro atoms. The number of allylic oxidation sites excluding steroid dienone is 9. The maximum absolute atomic E-state index is 13.6. The van der Waals surface area contributed by atoms with Crippen molar-refractivity contribution in [3.63, 3.8) is 0 Å². The van der Waals surface area contributed by atoms with E-state index in [0.717, 1.165) is 51.9 Å². The van der Waals surface area contributed by atoms with Gasteiger partial charge in [0.05, 0.1) is 21.2 Å². The highest BCUT2D eigenvalue weighted by atomic mass is 79.9. The summed E-state index contributed by atoms with van der Waals surface area (Å²) in [5.74, 6) is -5.69. The van der Waals surface area contributed by atoms with Crippen LogP contribution in [-0.2, 0) is 56.4 Å². The van der Waals surface area contributed by atoms with Crippen molar-refractivity contribution in [3.8, 4) is 0 Å². The minimum atomic E-state index is -4.33. The zero-order valence-corrected chi connectivity index (χ0v) is 82.8. The first-order chi connectivity index (χ1) is 67.9. The van der Waals surface area contributed by atoms with E-state index < -0.39 is 113 Å². The van der Waals surface area contributed by atoms with Crippen molar-refractivity contribution >= 4 is 164 Å². The molecule has 19 rings (SSSR count). The SMILES string of the molecule is Cc1ccc(S(=O)(=O)CC2=C(N)C(=O)c3ccccc3C2=O)cc1.O=C1C(NS(=O)(=O)c2ccc(Br)cc2)=C(N2CCN(c3ccccc3)CC2)C(=O)c2ccccc21.O=C1C(NS(=O)(=O)c2cccs2)=C(N2CCCCC2)C(=O)c2ccccc21.O=[NH+]c1ccccc1S(=O)(=O)NC1=C(Cc2ccccc2)C(=O)c2ccccc2C1=O.O=[NH+]c1ccccc1S(=O)(=O)NC1=C(Cl)C(=O)c2ccccc2C1=O.[OH-].[OH-]. The number of halogens is 2. The number of hydrogen-bond acceptors (Lipinski definition) is 29. The lowest BCUT2D eigenvalue weighted by Crippen LogP contribution is -2.57. The fourth-order valence-corrected chi connectivity index (χ4v) is 23.9. The number of nitrogens with zero attached hydrogens (tertiary/aromatic N) is 3. The van der Waals surface area contributed by atoms with Gasteiger partial charge in [0.1, 0.15) is 43.4 Å². The molecule has 0 bridgehead atoms. The molecule has 42 heteroatoms. The lowest BCUT2D eigenvalue weighted by atomic mass is 9.85. The highest BCUT2D eigenvalue weighted by molar-refractivity contribution is 9.10. The Balaban J connectivity index is 0.000000151. The highest BCUT2D eigenvalue weighted by Gasteiger charge is 2.43. The number of anilines is 1. The van der Waals surface area contributed by atoms with E-state index in [9.17, 15) is 99.8 Å². The standard InChI is InChI=1S/C26H22BrN3O4S.C23H16N2O5S.C19H18N2O4S2.C18H15NO4S.C16H9ClN2O5S.2H2O/c27-18-10-12-20(13-11-18)35(33,34)28-23-24(26(32)22-9-5-4-8-21(22)25(23)31)30-16-14-29(15-17-30)19-6-2-1-3-7-19;26-22-16-10-4-5-11-17(16)23(27)21(18(22)14-15-8-2-1-3-9-15)25-31(29,30)20-13-7-6-12-19(20)24-28;22-18-13-7-2-3-8-14(13)19(23)17(21-10-4-1-5-11-21)16(18)20-27(24,25)15-9-6-12-26-15;1-11-6-8-12(9-7-11)24(22,23)10-15-16(19)18(21)14-5-3-2-4-13(14)17(15)20;17-13-14(16(21)10-6-2-1-5-9(10)15(13)20)19-25(23,24)12-8-4-3-7-11(12)18-22;;/h1-13,28H,14-17H2;1-13,25H,14H2;2-3,6-9,12,20H,1,4-5,10-11H2;2-9H,10,19H2,1H3;1-8,19H;2*1H2. The van der Waals surface area contributed by atoms with Crippen LogP contribution in [0.15, 0.2) is 381 Å². The minimum Gasteiger partial charge on any atom is -0.870 e. The largest absolute Gasteiger partial charge is 0.870 e. The number of likely N-dealkylation sites (tertiary alicyclic amines) is 1. The van der Waals surface area contributed by atoms with Crippen molar-refractivity contribution in [1.82, 2.24) is 28.7 Å². The molecule has 7 aliphatic rings. The van der Waals surface area contributed by atoms with Crippen molar-refractivity contribution in [2.45, 2.75) is 56.4 Å². The Morgan fingerprint density at radius 1 is 0.347 bits per heavy atom. The number of nitroso groups, excluding NO2 is 2. The van der Waals surface area contributed by atoms with Crippen LogP contribution in [-0.4, -0.2) is 166 Å². The predicted octanol–water partition coefficient (Wildman–Crippen LogP) is 11.3. The zero-order valence-electron chi connectivity index (χ0n) is 75.6. The first kappa shape index (κ1) is 106. The molecule has 0 unspecified atom stereocenters. The van der Waals surface area contributed by atoms with Crippen LogP contribution in [0, 0.1) is 16.7 Å². The molecule has 2 fully saturated rings. The molecule has 2 saturated heterocycles. The Hall–Kier alpha value is -15.4. The number of carbonyl (C=O) groups is 10. The fourth-order valence-electron chi connectivity index (χ4n) is 16.4. The number of sulfonamides is 4. The van der Waals surface area contributed by atoms with Crippen LogP contribution in [0.25, 0.3) is 0 Å². The third-order valence-electron chi connectivity index (χ3n) is 23.5. The lowest BCUT2D eigenvalue weighted by molar-refractivity contribution is -0.383. The molecule has 2 aliphatic heterocycles. The number of para-hydroxylation sites is 3. The van der Waals surface area contributed by atoms with Gasteiger partial charge in [0, 0.05) is 155 Å². The van der Waals surface area contributed by atoms with E-state index in [1.807, 2.05) is 57.8 Å². The number of hydrogen-bond donors (Lipinski definition) is 7. The zero-order chi connectivity index (χ0) is 101. The number of nitrogens with one attached hydrogen (secondary N) is 6. The maximum atomic E-state index is 13.6. The van der Waals surface area contributed by atoms with E-state index in [1.165, 1.54) is 114 Å². The summed E-state index contributed by atoms with van der Waals surface area (Å²) >= 11 is 10.3. The number of sulfone groups is 1. The van der Waals surface area contributed by atoms with Crippen LogP contribution in [0.3, 0.4) is 0 Å². The average Bonchev–Trinajstić information content (AvgIpc) is 0.781. The molecule has 3 heterocycles. The van der Waals surface area contributed by atoms with E-state index in [1.54, 1.807) is 156 Å². The predicted molar refractivity (Wildman–Crippen MR) is 534 cm³/mol. The van der Waals surface area contributed by atoms with Crippen molar-refractivity contribution < 1.29 is 111 Å². The van der Waals surface area contributed by atoms with Gasteiger partial charge >= 0.3 is 0 Å². The van der Waals surface area contributed by atoms with Gasteiger partial charge in [-0.15, -0.1) is 11.3 Å². The minimum absolute atomic E-state index is 0. The van der Waals surface area contributed by atoms with Gasteiger partial charge in [-0.05, 0) is 104 Å². The summed E-state index contributed by atoms with van der Waals surface area (Å²) in [7, 11) is -20.5. The Morgan fingerprint density at radius 3 is 1.15 bits per heavy atom. The van der Waals surface area contributed by atoms with Gasteiger partial charge in [-0.2, -0.15) is 0 Å². The summed E-state index contributed by atoms with van der Waals surface area (Å²) in [6, 6.07) is 76.8. The van der Waals surface area contributed by atoms with Gasteiger partial charge in [-0.25, -0.2) is 42.1 Å². The van der Waals surface area contributed by atoms with Gasteiger partial charge < -0.3 is 31.4 Å². The number of piperazine rings is 1. The summed E-state index contributed by atoms with van der Waals surface area (Å²) in [4.78, 5) is 157. The van der Waals surface area contributed by atoms with Crippen LogP contribution in [0.5, 0.6) is 0 Å². The number of piperidine rings is 1. The molecule has 34 nitrogen and oxygen atoms in total. The van der Waals surface area contributed by atoms with Crippen molar-refractivity contribution in [1.29, 1.82) is 0 Å². The van der Waals surface area contributed by atoms with E-state index >= 15 is 0 Å². The number of thiophene rings is 1. The second-order valence-corrected chi connectivity index (χ2v) is 43.6. The number of Topliss-reactive ketones (excluding diaryl/α,β-unsaturated/α-hetero) is 10. The second-order valence-electron chi connectivity index (χ2n) is 32.5. The van der Waals surface area contributed by atoms with Gasteiger partial charge in [-0.3, -0.25) is 66.8 Å². The summed E-state index contributed by atoms with van der Waals surface area (Å²) in [6.07, 6.45) is 2.92. The van der Waals surface area contributed by atoms with Crippen molar-refractivity contribution in [3.05, 3.63) is 434 Å². The van der Waals surface area contributed by atoms with Crippen LogP contribution in [0.2, 0.25) is 0 Å². The van der Waals surface area contributed by atoms with Crippen LogP contribution in [0.1, 0.15) is 134 Å². The smallest absolute Gasteiger partial charge is 0.273 e. The Morgan fingerprint density at radius 2 is 0.701 bits per heavy atom. The quantitative estimate of drug-likeness (QED) is 0.0331. The van der Waals surface area contributed by atoms with Gasteiger partial charge in [-0.1, -0.05) is 245 Å². The average molecular weight is 2140 g/mol. The molecule has 0 amide bonds. The first-order valence-corrected chi connectivity index (χ1v) is 53.1.